The molecule has 0 spiro atoms. The largest absolute Gasteiger partial charge is 0.370 e. The lowest BCUT2D eigenvalue weighted by Crippen LogP contribution is -2.41. The maximum atomic E-state index is 11.2. The van der Waals surface area contributed by atoms with Crippen molar-refractivity contribution in [3.8, 4) is 0 Å². The van der Waals surface area contributed by atoms with Crippen LogP contribution in [0.1, 0.15) is 19.3 Å². The first-order valence-electron chi connectivity index (χ1n) is 6.01. The highest BCUT2D eigenvalue weighted by Crippen LogP contribution is 2.08. The van der Waals surface area contributed by atoms with Crippen molar-refractivity contribution in [3.63, 3.8) is 0 Å². The number of carbonyl (C=O) groups is 1. The number of carbonyl (C=O) groups excluding carboxylic acids is 1. The Kier molecular flexibility index (Phi) is 6.54. The number of rotatable bonds is 3. The predicted molar refractivity (Wildman–Crippen MR) is 85.5 cm³/mol. The van der Waals surface area contributed by atoms with E-state index in [4.69, 9.17) is 5.73 Å². The van der Waals surface area contributed by atoms with Crippen LogP contribution in [-0.2, 0) is 4.79 Å². The van der Waals surface area contributed by atoms with Crippen molar-refractivity contribution >= 4 is 41.7 Å². The maximum Gasteiger partial charge on any atom is 0.220 e. The monoisotopic (exact) mass is 375 g/mol. The fourth-order valence-corrected chi connectivity index (χ4v) is 1.83. The number of amides is 1. The summed E-state index contributed by atoms with van der Waals surface area (Å²) < 4.78 is 0. The zero-order valence-corrected chi connectivity index (χ0v) is 12.8. The third kappa shape index (κ3) is 5.41. The van der Waals surface area contributed by atoms with E-state index in [0.29, 0.717) is 24.7 Å². The van der Waals surface area contributed by atoms with Crippen molar-refractivity contribution in [2.75, 3.05) is 11.9 Å². The summed E-state index contributed by atoms with van der Waals surface area (Å²) >= 11 is 0. The van der Waals surface area contributed by atoms with E-state index in [0.717, 1.165) is 12.8 Å². The summed E-state index contributed by atoms with van der Waals surface area (Å²) in [7, 11) is 0. The van der Waals surface area contributed by atoms with Gasteiger partial charge in [-0.05, 0) is 25.0 Å². The van der Waals surface area contributed by atoms with E-state index in [-0.39, 0.29) is 35.9 Å². The molecule has 0 saturated carbocycles. The van der Waals surface area contributed by atoms with E-state index in [1.54, 1.807) is 6.20 Å². The van der Waals surface area contributed by atoms with Crippen LogP contribution < -0.4 is 16.4 Å². The molecule has 19 heavy (non-hydrogen) atoms. The third-order valence-corrected chi connectivity index (χ3v) is 2.72. The minimum Gasteiger partial charge on any atom is -0.370 e. The van der Waals surface area contributed by atoms with Crippen molar-refractivity contribution in [2.45, 2.75) is 25.3 Å². The van der Waals surface area contributed by atoms with Gasteiger partial charge in [-0.25, -0.2) is 4.98 Å². The second-order valence-electron chi connectivity index (χ2n) is 4.22. The number of nitrogens with one attached hydrogen (secondary N) is 2. The molecule has 1 atom stereocenters. The summed E-state index contributed by atoms with van der Waals surface area (Å²) in [5, 5.41) is 5.79. The van der Waals surface area contributed by atoms with Crippen LogP contribution in [0.15, 0.2) is 29.4 Å². The molecule has 0 radical (unpaired) electrons. The molecule has 1 unspecified atom stereocenters. The molecule has 1 aromatic rings. The Hall–Kier alpha value is -1.38. The fraction of sp³-hybridized carbons (Fsp3) is 0.417. The van der Waals surface area contributed by atoms with Gasteiger partial charge in [-0.3, -0.25) is 9.79 Å². The summed E-state index contributed by atoms with van der Waals surface area (Å²) in [5.41, 5.74) is 5.74. The number of hydrogen-bond acceptors (Lipinski definition) is 3. The van der Waals surface area contributed by atoms with Gasteiger partial charge in [0.2, 0.25) is 5.91 Å². The number of nitrogens with zero attached hydrogens (tertiary/aromatic N) is 2. The highest BCUT2D eigenvalue weighted by atomic mass is 127. The number of halogens is 1. The van der Waals surface area contributed by atoms with Gasteiger partial charge in [0.05, 0.1) is 6.54 Å². The number of hydrogen-bond donors (Lipinski definition) is 3. The molecule has 1 fully saturated rings. The molecule has 1 saturated heterocycles. The fourth-order valence-electron chi connectivity index (χ4n) is 1.83. The van der Waals surface area contributed by atoms with Gasteiger partial charge in [0, 0.05) is 18.7 Å². The van der Waals surface area contributed by atoms with E-state index in [9.17, 15) is 4.79 Å². The van der Waals surface area contributed by atoms with Crippen molar-refractivity contribution in [1.82, 2.24) is 10.3 Å². The van der Waals surface area contributed by atoms with E-state index in [1.807, 2.05) is 18.2 Å². The van der Waals surface area contributed by atoms with Gasteiger partial charge in [-0.15, -0.1) is 24.0 Å². The number of guanidine groups is 1. The van der Waals surface area contributed by atoms with Crippen LogP contribution in [0.4, 0.5) is 5.82 Å². The van der Waals surface area contributed by atoms with Crippen molar-refractivity contribution in [3.05, 3.63) is 24.4 Å². The Morgan fingerprint density at radius 2 is 2.42 bits per heavy atom. The molecule has 0 aliphatic carbocycles. The highest BCUT2D eigenvalue weighted by Gasteiger charge is 2.17. The Balaban J connectivity index is 0.00000180. The molecule has 1 aromatic heterocycles. The lowest BCUT2D eigenvalue weighted by molar-refractivity contribution is -0.123. The molecule has 104 valence electrons. The zero-order chi connectivity index (χ0) is 12.8. The van der Waals surface area contributed by atoms with Gasteiger partial charge >= 0.3 is 0 Å². The summed E-state index contributed by atoms with van der Waals surface area (Å²) in [6.45, 7) is 0.497. The Morgan fingerprint density at radius 3 is 3.11 bits per heavy atom. The number of pyridine rings is 1. The van der Waals surface area contributed by atoms with Crippen molar-refractivity contribution in [2.24, 2.45) is 10.7 Å². The molecular weight excluding hydrogens is 357 g/mol. The van der Waals surface area contributed by atoms with Crippen LogP contribution in [0.2, 0.25) is 0 Å². The molecule has 0 bridgehead atoms. The number of piperidine rings is 1. The van der Waals surface area contributed by atoms with E-state index >= 15 is 0 Å². The molecule has 1 aliphatic heterocycles. The molecule has 6 nitrogen and oxygen atoms in total. The topological polar surface area (TPSA) is 92.4 Å². The van der Waals surface area contributed by atoms with Gasteiger partial charge in [0.15, 0.2) is 5.96 Å². The zero-order valence-electron chi connectivity index (χ0n) is 10.5. The normalized spacial score (nSPS) is 19.3. The van der Waals surface area contributed by atoms with Crippen LogP contribution in [0.25, 0.3) is 0 Å². The molecule has 2 heterocycles. The van der Waals surface area contributed by atoms with Crippen LogP contribution in [0.3, 0.4) is 0 Å². The van der Waals surface area contributed by atoms with Crippen molar-refractivity contribution < 1.29 is 4.79 Å². The second kappa shape index (κ2) is 7.93. The standard InChI is InChI=1S/C12H17N5O.HI/c13-12(17-10-5-1-2-7-14-10)15-8-9-4-3-6-11(18)16-9;/h1-2,5,7,9H,3-4,6,8H2,(H,16,18)(H3,13,14,15,17);1H. The first kappa shape index (κ1) is 15.7. The van der Waals surface area contributed by atoms with Crippen LogP contribution in [0.5, 0.6) is 0 Å². The molecule has 2 rings (SSSR count). The molecular formula is C12H18IN5O. The van der Waals surface area contributed by atoms with Gasteiger partial charge in [0.25, 0.3) is 0 Å². The highest BCUT2D eigenvalue weighted by molar-refractivity contribution is 14.0. The average molecular weight is 375 g/mol. The van der Waals surface area contributed by atoms with Gasteiger partial charge in [0.1, 0.15) is 5.82 Å². The second-order valence-corrected chi connectivity index (χ2v) is 4.22. The number of aromatic nitrogens is 1. The molecule has 1 aliphatic rings. The van der Waals surface area contributed by atoms with Crippen molar-refractivity contribution in [1.29, 1.82) is 0 Å². The first-order chi connectivity index (χ1) is 8.74. The summed E-state index contributed by atoms with van der Waals surface area (Å²) in [6.07, 6.45) is 4.16. The molecule has 7 heteroatoms. The summed E-state index contributed by atoms with van der Waals surface area (Å²) in [6, 6.07) is 5.60. The SMILES string of the molecule is I.NC(=NCC1CCCC(=O)N1)Nc1ccccn1. The summed E-state index contributed by atoms with van der Waals surface area (Å²) in [4.78, 5) is 19.5. The Bertz CT molecular complexity index is 437. The Morgan fingerprint density at radius 1 is 1.58 bits per heavy atom. The van der Waals surface area contributed by atoms with Gasteiger partial charge in [-0.1, -0.05) is 6.07 Å². The number of aliphatic imine (C=N–C) groups is 1. The van der Waals surface area contributed by atoms with E-state index in [2.05, 4.69) is 20.6 Å². The third-order valence-electron chi connectivity index (χ3n) is 2.72. The number of anilines is 1. The smallest absolute Gasteiger partial charge is 0.220 e. The average Bonchev–Trinajstić information content (AvgIpc) is 2.38. The molecule has 4 N–H and O–H groups in total. The molecule has 0 aromatic carbocycles. The quantitative estimate of drug-likeness (QED) is 0.419. The minimum absolute atomic E-state index is 0. The predicted octanol–water partition coefficient (Wildman–Crippen LogP) is 1.09. The van der Waals surface area contributed by atoms with Gasteiger partial charge < -0.3 is 16.4 Å². The van der Waals surface area contributed by atoms with E-state index in [1.165, 1.54) is 0 Å². The number of nitrogens with two attached hydrogens (primary N) is 1. The molecule has 1 amide bonds. The maximum absolute atomic E-state index is 11.2. The van der Waals surface area contributed by atoms with Gasteiger partial charge in [-0.2, -0.15) is 0 Å². The first-order valence-corrected chi connectivity index (χ1v) is 6.01. The van der Waals surface area contributed by atoms with Crippen LogP contribution >= 0.6 is 24.0 Å². The Labute approximate surface area is 129 Å². The lowest BCUT2D eigenvalue weighted by Gasteiger charge is -2.21. The summed E-state index contributed by atoms with van der Waals surface area (Å²) in [5.74, 6) is 1.07. The lowest BCUT2D eigenvalue weighted by atomic mass is 10.0. The van der Waals surface area contributed by atoms with Crippen LogP contribution in [0, 0.1) is 0 Å². The van der Waals surface area contributed by atoms with Crippen LogP contribution in [-0.4, -0.2) is 29.4 Å². The minimum atomic E-state index is 0. The van der Waals surface area contributed by atoms with E-state index < -0.39 is 0 Å².